The maximum Gasteiger partial charge on any atom is -0.0219 e. The fourth-order valence-corrected chi connectivity index (χ4v) is 0.951. The predicted molar refractivity (Wildman–Crippen MR) is 83.5 cm³/mol. The summed E-state index contributed by atoms with van der Waals surface area (Å²) in [6.45, 7) is 10.5. The first-order chi connectivity index (χ1) is 5.70. The standard InChI is InChI=1S/C10H14.C2H6.4CH4/c1-8(2)10-6-4-9(3)5-7-10;1-2;;;;/h4-8H,1-3H3;1-2H3;4*1H4. The molecule has 0 spiro atoms. The Morgan fingerprint density at radius 2 is 1.06 bits per heavy atom. The summed E-state index contributed by atoms with van der Waals surface area (Å²) in [5.41, 5.74) is 2.76. The highest BCUT2D eigenvalue weighted by atomic mass is 14.0. The van der Waals surface area contributed by atoms with E-state index >= 15 is 0 Å². The van der Waals surface area contributed by atoms with Gasteiger partial charge < -0.3 is 0 Å². The molecule has 1 aromatic carbocycles. The van der Waals surface area contributed by atoms with E-state index in [9.17, 15) is 0 Å². The van der Waals surface area contributed by atoms with Crippen molar-refractivity contribution < 1.29 is 0 Å². The molecule has 0 aliphatic carbocycles. The van der Waals surface area contributed by atoms with Crippen LogP contribution in [0.2, 0.25) is 0 Å². The van der Waals surface area contributed by atoms with Gasteiger partial charge >= 0.3 is 0 Å². The van der Waals surface area contributed by atoms with Crippen LogP contribution >= 0.6 is 0 Å². The Bertz CT molecular complexity index is 194. The molecular formula is C16H36. The van der Waals surface area contributed by atoms with E-state index in [0.29, 0.717) is 5.92 Å². The van der Waals surface area contributed by atoms with Crippen molar-refractivity contribution in [1.29, 1.82) is 0 Å². The van der Waals surface area contributed by atoms with Gasteiger partial charge in [0.2, 0.25) is 0 Å². The summed E-state index contributed by atoms with van der Waals surface area (Å²) in [5, 5.41) is 0. The molecule has 16 heavy (non-hydrogen) atoms. The van der Waals surface area contributed by atoms with Crippen LogP contribution in [0.1, 0.15) is 74.4 Å². The highest BCUT2D eigenvalue weighted by molar-refractivity contribution is 5.23. The molecule has 0 heteroatoms. The summed E-state index contributed by atoms with van der Waals surface area (Å²) in [6, 6.07) is 8.71. The van der Waals surface area contributed by atoms with Gasteiger partial charge in [-0.1, -0.05) is 87.2 Å². The van der Waals surface area contributed by atoms with Crippen molar-refractivity contribution in [3.63, 3.8) is 0 Å². The van der Waals surface area contributed by atoms with Crippen molar-refractivity contribution in [3.05, 3.63) is 35.4 Å². The molecule has 0 aliphatic heterocycles. The molecule has 0 N–H and O–H groups in total. The molecule has 0 aromatic heterocycles. The minimum absolute atomic E-state index is 0. The monoisotopic (exact) mass is 228 g/mol. The number of benzene rings is 1. The van der Waals surface area contributed by atoms with Crippen molar-refractivity contribution in [2.45, 2.75) is 70.2 Å². The largest absolute Gasteiger partial charge is 0.0776 e. The Labute approximate surface area is 106 Å². The SMILES string of the molecule is C.C.C.C.CC.Cc1ccc(C(C)C)cc1. The zero-order chi connectivity index (χ0) is 9.56. The Hall–Kier alpha value is -0.780. The van der Waals surface area contributed by atoms with Crippen LogP contribution in [0.5, 0.6) is 0 Å². The maximum atomic E-state index is 2.21. The average Bonchev–Trinajstić information content (AvgIpc) is 2.09. The zero-order valence-corrected chi connectivity index (χ0v) is 8.89. The highest BCUT2D eigenvalue weighted by Crippen LogP contribution is 2.13. The van der Waals surface area contributed by atoms with Gasteiger partial charge in [0, 0.05) is 0 Å². The quantitative estimate of drug-likeness (QED) is 0.502. The smallest absolute Gasteiger partial charge is 0.0219 e. The zero-order valence-electron chi connectivity index (χ0n) is 8.89. The Morgan fingerprint density at radius 1 is 0.750 bits per heavy atom. The fraction of sp³-hybridized carbons (Fsp3) is 0.625. The lowest BCUT2D eigenvalue weighted by Crippen LogP contribution is -1.85. The molecule has 0 heterocycles. The summed E-state index contributed by atoms with van der Waals surface area (Å²) >= 11 is 0. The third-order valence-corrected chi connectivity index (χ3v) is 1.74. The van der Waals surface area contributed by atoms with Crippen LogP contribution in [0.15, 0.2) is 24.3 Å². The summed E-state index contributed by atoms with van der Waals surface area (Å²) in [4.78, 5) is 0. The third kappa shape index (κ3) is 11.3. The fourth-order valence-electron chi connectivity index (χ4n) is 0.951. The molecule has 0 bridgehead atoms. The van der Waals surface area contributed by atoms with Gasteiger partial charge in [-0.2, -0.15) is 0 Å². The second kappa shape index (κ2) is 16.6. The number of rotatable bonds is 1. The number of hydrogen-bond donors (Lipinski definition) is 0. The first-order valence-corrected chi connectivity index (χ1v) is 4.76. The lowest BCUT2D eigenvalue weighted by atomic mass is 10.0. The molecule has 1 rings (SSSR count). The highest BCUT2D eigenvalue weighted by Gasteiger charge is 1.95. The summed E-state index contributed by atoms with van der Waals surface area (Å²) in [6.07, 6.45) is 0. The van der Waals surface area contributed by atoms with Crippen LogP contribution in [-0.2, 0) is 0 Å². The molecule has 0 amide bonds. The second-order valence-corrected chi connectivity index (χ2v) is 3.07. The lowest BCUT2D eigenvalue weighted by Gasteiger charge is -2.03. The molecule has 0 nitrogen and oxygen atoms in total. The summed E-state index contributed by atoms with van der Waals surface area (Å²) < 4.78 is 0. The number of hydrogen-bond acceptors (Lipinski definition) is 0. The van der Waals surface area contributed by atoms with E-state index in [0.717, 1.165) is 0 Å². The lowest BCUT2D eigenvalue weighted by molar-refractivity contribution is 0.866. The molecule has 100 valence electrons. The Balaban J connectivity index is -0.0000000637. The first kappa shape index (κ1) is 29.5. The molecule has 0 fully saturated rings. The molecular weight excluding hydrogens is 192 g/mol. The predicted octanol–water partition coefficient (Wildman–Crippen LogP) is 6.69. The van der Waals surface area contributed by atoms with Crippen LogP contribution in [0.25, 0.3) is 0 Å². The number of aryl methyl sites for hydroxylation is 1. The van der Waals surface area contributed by atoms with Gasteiger partial charge in [-0.15, -0.1) is 0 Å². The molecule has 0 aliphatic rings. The van der Waals surface area contributed by atoms with Crippen molar-refractivity contribution in [1.82, 2.24) is 0 Å². The first-order valence-electron chi connectivity index (χ1n) is 4.76. The molecule has 0 saturated heterocycles. The van der Waals surface area contributed by atoms with Gasteiger partial charge in [0.05, 0.1) is 0 Å². The minimum atomic E-state index is 0. The van der Waals surface area contributed by atoms with Crippen molar-refractivity contribution in [2.24, 2.45) is 0 Å². The van der Waals surface area contributed by atoms with Crippen molar-refractivity contribution in [3.8, 4) is 0 Å². The average molecular weight is 228 g/mol. The topological polar surface area (TPSA) is 0 Å². The maximum absolute atomic E-state index is 2.21. The van der Waals surface area contributed by atoms with E-state index in [-0.39, 0.29) is 29.7 Å². The van der Waals surface area contributed by atoms with Crippen LogP contribution in [0, 0.1) is 6.92 Å². The van der Waals surface area contributed by atoms with E-state index < -0.39 is 0 Å². The van der Waals surface area contributed by atoms with Gasteiger partial charge in [-0.25, -0.2) is 0 Å². The third-order valence-electron chi connectivity index (χ3n) is 1.74. The molecule has 1 aromatic rings. The Morgan fingerprint density at radius 3 is 1.31 bits per heavy atom. The molecule has 0 saturated carbocycles. The minimum Gasteiger partial charge on any atom is -0.0776 e. The van der Waals surface area contributed by atoms with Crippen molar-refractivity contribution in [2.75, 3.05) is 0 Å². The van der Waals surface area contributed by atoms with E-state index in [1.54, 1.807) is 0 Å². The molecule has 0 unspecified atom stereocenters. The van der Waals surface area contributed by atoms with Crippen molar-refractivity contribution >= 4 is 0 Å². The second-order valence-electron chi connectivity index (χ2n) is 3.07. The van der Waals surface area contributed by atoms with Gasteiger partial charge in [0.1, 0.15) is 0 Å². The van der Waals surface area contributed by atoms with Gasteiger partial charge in [-0.3, -0.25) is 0 Å². The Kier molecular flexibility index (Phi) is 30.6. The van der Waals surface area contributed by atoms with E-state index in [1.165, 1.54) is 11.1 Å². The van der Waals surface area contributed by atoms with Crippen LogP contribution in [-0.4, -0.2) is 0 Å². The van der Waals surface area contributed by atoms with E-state index in [1.807, 2.05) is 13.8 Å². The van der Waals surface area contributed by atoms with E-state index in [2.05, 4.69) is 45.0 Å². The van der Waals surface area contributed by atoms with Gasteiger partial charge in [-0.05, 0) is 18.4 Å². The molecule has 0 radical (unpaired) electrons. The normalized spacial score (nSPS) is 6.88. The van der Waals surface area contributed by atoms with Gasteiger partial charge in [0.15, 0.2) is 0 Å². The van der Waals surface area contributed by atoms with Crippen LogP contribution in [0.4, 0.5) is 0 Å². The summed E-state index contributed by atoms with van der Waals surface area (Å²) in [7, 11) is 0. The van der Waals surface area contributed by atoms with Gasteiger partial charge in [0.25, 0.3) is 0 Å². The molecule has 0 atom stereocenters. The van der Waals surface area contributed by atoms with E-state index in [4.69, 9.17) is 0 Å². The van der Waals surface area contributed by atoms with Crippen LogP contribution < -0.4 is 0 Å². The van der Waals surface area contributed by atoms with Crippen LogP contribution in [0.3, 0.4) is 0 Å². The summed E-state index contributed by atoms with van der Waals surface area (Å²) in [5.74, 6) is 0.653.